The number of halogens is 1. The Kier molecular flexibility index (Phi) is 5.43. The molecule has 1 aliphatic carbocycles. The minimum atomic E-state index is -0.892. The van der Waals surface area contributed by atoms with Gasteiger partial charge in [0.2, 0.25) is 0 Å². The molecular formula is C18H21BrN4O3. The van der Waals surface area contributed by atoms with E-state index in [1.807, 2.05) is 13.1 Å². The van der Waals surface area contributed by atoms with Crippen molar-refractivity contribution < 1.29 is 9.90 Å². The molecule has 3 rings (SSSR count). The fraction of sp³-hybridized carbons (Fsp3) is 0.389. The summed E-state index contributed by atoms with van der Waals surface area (Å²) in [6, 6.07) is 0.0345. The number of rotatable bonds is 4. The van der Waals surface area contributed by atoms with Crippen LogP contribution in [0.25, 0.3) is 0 Å². The summed E-state index contributed by atoms with van der Waals surface area (Å²) in [4.78, 5) is 25.3. The summed E-state index contributed by atoms with van der Waals surface area (Å²) in [7, 11) is 3.65. The molecule has 0 saturated carbocycles. The number of carbonyl (C=O) groups is 1. The minimum absolute atomic E-state index is 0.0345. The third-order valence-electron chi connectivity index (χ3n) is 4.62. The number of nitrogens with one attached hydrogen (secondary N) is 1. The number of aliphatic carboxylic acids is 1. The molecule has 0 fully saturated rings. The van der Waals surface area contributed by atoms with Crippen LogP contribution in [-0.2, 0) is 11.8 Å². The monoisotopic (exact) mass is 420 g/mol. The molecule has 2 aliphatic rings. The van der Waals surface area contributed by atoms with Gasteiger partial charge in [-0.2, -0.15) is 5.10 Å². The number of carboxylic acids is 1. The summed E-state index contributed by atoms with van der Waals surface area (Å²) in [6.07, 6.45) is 9.90. The molecule has 1 unspecified atom stereocenters. The lowest BCUT2D eigenvalue weighted by Crippen LogP contribution is -2.40. The van der Waals surface area contributed by atoms with Gasteiger partial charge in [-0.25, -0.2) is 9.48 Å². The van der Waals surface area contributed by atoms with Gasteiger partial charge in [0.15, 0.2) is 0 Å². The number of aryl methyl sites for hydroxylation is 1. The van der Waals surface area contributed by atoms with E-state index in [2.05, 4.69) is 37.3 Å². The highest BCUT2D eigenvalue weighted by Gasteiger charge is 2.24. The van der Waals surface area contributed by atoms with Crippen LogP contribution in [0.1, 0.15) is 6.42 Å². The van der Waals surface area contributed by atoms with Crippen LogP contribution in [0.4, 0.5) is 5.69 Å². The van der Waals surface area contributed by atoms with Crippen molar-refractivity contribution in [2.75, 3.05) is 25.5 Å². The Labute approximate surface area is 159 Å². The lowest BCUT2D eigenvalue weighted by atomic mass is 9.87. The highest BCUT2D eigenvalue weighted by Crippen LogP contribution is 2.28. The average Bonchev–Trinajstić information content (AvgIpc) is 2.62. The largest absolute Gasteiger partial charge is 0.478 e. The molecule has 0 saturated heterocycles. The maximum atomic E-state index is 12.0. The van der Waals surface area contributed by atoms with Gasteiger partial charge in [0.05, 0.1) is 23.5 Å². The molecule has 1 aliphatic heterocycles. The lowest BCUT2D eigenvalue weighted by Gasteiger charge is -2.33. The molecular weight excluding hydrogens is 400 g/mol. The summed E-state index contributed by atoms with van der Waals surface area (Å²) in [5, 5.41) is 16.5. The van der Waals surface area contributed by atoms with Crippen LogP contribution in [0.15, 0.2) is 50.9 Å². The van der Waals surface area contributed by atoms with Crippen molar-refractivity contribution in [3.8, 4) is 0 Å². The van der Waals surface area contributed by atoms with Crippen molar-refractivity contribution in [1.82, 2.24) is 14.7 Å². The fourth-order valence-electron chi connectivity index (χ4n) is 3.27. The first-order valence-corrected chi connectivity index (χ1v) is 9.13. The smallest absolute Gasteiger partial charge is 0.335 e. The van der Waals surface area contributed by atoms with Crippen LogP contribution < -0.4 is 10.9 Å². The van der Waals surface area contributed by atoms with E-state index < -0.39 is 5.97 Å². The summed E-state index contributed by atoms with van der Waals surface area (Å²) in [5.41, 5.74) is 2.05. The van der Waals surface area contributed by atoms with Crippen molar-refractivity contribution in [1.29, 1.82) is 0 Å². The molecule has 2 atom stereocenters. The predicted molar refractivity (Wildman–Crippen MR) is 103 cm³/mol. The molecule has 138 valence electrons. The number of anilines is 1. The van der Waals surface area contributed by atoms with Gasteiger partial charge < -0.3 is 15.3 Å². The Hall–Kier alpha value is -2.19. The third-order valence-corrected chi connectivity index (χ3v) is 5.38. The van der Waals surface area contributed by atoms with E-state index in [1.165, 1.54) is 10.3 Å². The second kappa shape index (κ2) is 7.59. The normalized spacial score (nSPS) is 23.3. The zero-order valence-corrected chi connectivity index (χ0v) is 16.2. The molecule has 7 nitrogen and oxygen atoms in total. The summed E-state index contributed by atoms with van der Waals surface area (Å²) >= 11 is 3.34. The molecule has 8 heteroatoms. The summed E-state index contributed by atoms with van der Waals surface area (Å²) < 4.78 is 1.74. The van der Waals surface area contributed by atoms with Gasteiger partial charge in [0, 0.05) is 26.1 Å². The topological polar surface area (TPSA) is 87.5 Å². The van der Waals surface area contributed by atoms with Crippen molar-refractivity contribution >= 4 is 27.6 Å². The standard InChI is InChI=1S/C18H21BrN4O3/c1-22-9-13(11-3-5-12(6-4-11)18(25)26)7-14(10-22)21-15-8-20-23(2)17(24)16(15)19/h3,5-8,11,14,21H,4,9-10H2,1-2H3,(H,25,26)/t11?,14-/m1/s1. The zero-order valence-electron chi connectivity index (χ0n) is 14.6. The van der Waals surface area contributed by atoms with Crippen molar-refractivity contribution in [2.45, 2.75) is 12.5 Å². The predicted octanol–water partition coefficient (Wildman–Crippen LogP) is 1.78. The Morgan fingerprint density at radius 1 is 1.42 bits per heavy atom. The van der Waals surface area contributed by atoms with Crippen LogP contribution in [0.2, 0.25) is 0 Å². The first-order valence-electron chi connectivity index (χ1n) is 8.34. The number of aromatic nitrogens is 2. The van der Waals surface area contributed by atoms with E-state index in [1.54, 1.807) is 25.4 Å². The molecule has 26 heavy (non-hydrogen) atoms. The molecule has 0 radical (unpaired) electrons. The van der Waals surface area contributed by atoms with E-state index in [4.69, 9.17) is 5.11 Å². The number of hydrogen-bond donors (Lipinski definition) is 2. The van der Waals surface area contributed by atoms with Crippen LogP contribution in [0, 0.1) is 5.92 Å². The van der Waals surface area contributed by atoms with Gasteiger partial charge in [0.25, 0.3) is 5.56 Å². The van der Waals surface area contributed by atoms with Crippen LogP contribution >= 0.6 is 15.9 Å². The number of carboxylic acid groups (broad SMARTS) is 1. The average molecular weight is 421 g/mol. The first-order chi connectivity index (χ1) is 12.3. The Morgan fingerprint density at radius 3 is 2.85 bits per heavy atom. The van der Waals surface area contributed by atoms with Crippen LogP contribution in [0.3, 0.4) is 0 Å². The van der Waals surface area contributed by atoms with Crippen molar-refractivity contribution in [3.05, 3.63) is 56.5 Å². The fourth-order valence-corrected chi connectivity index (χ4v) is 3.74. The van der Waals surface area contributed by atoms with Gasteiger partial charge in [-0.15, -0.1) is 0 Å². The molecule has 2 N–H and O–H groups in total. The molecule has 0 amide bonds. The minimum Gasteiger partial charge on any atom is -0.478 e. The molecule has 0 aromatic carbocycles. The SMILES string of the molecule is CN1CC(C2C=CC(C(=O)O)=CC2)=C[C@@H](Nc2cnn(C)c(=O)c2Br)C1. The maximum Gasteiger partial charge on any atom is 0.335 e. The van der Waals surface area contributed by atoms with E-state index >= 15 is 0 Å². The maximum absolute atomic E-state index is 12.0. The Balaban J connectivity index is 1.78. The van der Waals surface area contributed by atoms with E-state index in [0.717, 1.165) is 13.1 Å². The van der Waals surface area contributed by atoms with Crippen molar-refractivity contribution in [3.63, 3.8) is 0 Å². The lowest BCUT2D eigenvalue weighted by molar-refractivity contribution is -0.132. The quantitative estimate of drug-likeness (QED) is 0.721. The second-order valence-corrected chi connectivity index (χ2v) is 7.45. The third kappa shape index (κ3) is 3.96. The molecule has 1 aromatic rings. The van der Waals surface area contributed by atoms with Gasteiger partial charge in [-0.3, -0.25) is 4.79 Å². The van der Waals surface area contributed by atoms with E-state index in [0.29, 0.717) is 22.2 Å². The van der Waals surface area contributed by atoms with Gasteiger partial charge in [-0.1, -0.05) is 29.9 Å². The van der Waals surface area contributed by atoms with Crippen LogP contribution in [0.5, 0.6) is 0 Å². The molecule has 2 heterocycles. The Bertz CT molecular complexity index is 872. The van der Waals surface area contributed by atoms with E-state index in [-0.39, 0.29) is 17.5 Å². The zero-order chi connectivity index (χ0) is 18.8. The number of nitrogens with zero attached hydrogens (tertiary/aromatic N) is 3. The Morgan fingerprint density at radius 2 is 2.19 bits per heavy atom. The van der Waals surface area contributed by atoms with E-state index in [9.17, 15) is 9.59 Å². The van der Waals surface area contributed by atoms with Crippen molar-refractivity contribution in [2.24, 2.45) is 13.0 Å². The number of likely N-dealkylation sites (N-methyl/N-ethyl adjacent to an activating group) is 1. The highest BCUT2D eigenvalue weighted by atomic mass is 79.9. The first kappa shape index (κ1) is 18.6. The van der Waals surface area contributed by atoms with Gasteiger partial charge in [-0.05, 0) is 29.4 Å². The van der Waals surface area contributed by atoms with Gasteiger partial charge >= 0.3 is 5.97 Å². The highest BCUT2D eigenvalue weighted by molar-refractivity contribution is 9.10. The van der Waals surface area contributed by atoms with Crippen LogP contribution in [-0.4, -0.2) is 51.9 Å². The second-order valence-electron chi connectivity index (χ2n) is 6.66. The van der Waals surface area contributed by atoms with Gasteiger partial charge in [0.1, 0.15) is 4.47 Å². The molecule has 1 aromatic heterocycles. The summed E-state index contributed by atoms with van der Waals surface area (Å²) in [5.74, 6) is -0.702. The number of hydrogen-bond acceptors (Lipinski definition) is 5. The number of allylic oxidation sites excluding steroid dienone is 2. The summed E-state index contributed by atoms with van der Waals surface area (Å²) in [6.45, 7) is 1.64. The molecule has 0 bridgehead atoms. The molecule has 0 spiro atoms.